The molecule has 0 atom stereocenters. The summed E-state index contributed by atoms with van der Waals surface area (Å²) >= 11 is 0. The van der Waals surface area contributed by atoms with Crippen molar-refractivity contribution in [2.24, 2.45) is 0 Å². The molecule has 0 N–H and O–H groups in total. The number of hydrogen-bond acceptors (Lipinski definition) is 2. The Labute approximate surface area is 219 Å². The highest BCUT2D eigenvalue weighted by Gasteiger charge is 2.15. The van der Waals surface area contributed by atoms with Gasteiger partial charge in [0.05, 0.1) is 16.7 Å². The highest BCUT2D eigenvalue weighted by molar-refractivity contribution is 6.10. The summed E-state index contributed by atoms with van der Waals surface area (Å²) in [4.78, 5) is 1.71. The summed E-state index contributed by atoms with van der Waals surface area (Å²) in [5.41, 5.74) is 8.55. The first-order valence-corrected chi connectivity index (χ1v) is 12.8. The van der Waals surface area contributed by atoms with E-state index in [2.05, 4.69) is 108 Å². The first-order valence-electron chi connectivity index (χ1n) is 12.8. The molecule has 38 heavy (non-hydrogen) atoms. The van der Waals surface area contributed by atoms with Crippen molar-refractivity contribution in [3.05, 3.63) is 133 Å². The summed E-state index contributed by atoms with van der Waals surface area (Å²) in [7, 11) is 0. The lowest BCUT2D eigenvalue weighted by Gasteiger charge is -2.14. The van der Waals surface area contributed by atoms with Gasteiger partial charge in [-0.15, -0.1) is 10.2 Å². The summed E-state index contributed by atoms with van der Waals surface area (Å²) in [6.45, 7) is 0. The van der Waals surface area contributed by atoms with E-state index in [1.807, 2.05) is 30.3 Å². The third kappa shape index (κ3) is 3.17. The Morgan fingerprint density at radius 2 is 1.08 bits per heavy atom. The molecule has 0 bridgehead atoms. The lowest BCUT2D eigenvalue weighted by atomic mass is 9.97. The van der Waals surface area contributed by atoms with Gasteiger partial charge in [-0.05, 0) is 70.4 Å². The van der Waals surface area contributed by atoms with Crippen LogP contribution in [0.5, 0.6) is 0 Å². The molecule has 0 unspecified atom stereocenters. The van der Waals surface area contributed by atoms with E-state index < -0.39 is 0 Å². The van der Waals surface area contributed by atoms with Crippen LogP contribution in [0.2, 0.25) is 0 Å². The van der Waals surface area contributed by atoms with Crippen molar-refractivity contribution < 1.29 is 0 Å². The van der Waals surface area contributed by atoms with Crippen LogP contribution in [0.15, 0.2) is 133 Å². The van der Waals surface area contributed by atoms with Crippen LogP contribution in [-0.2, 0) is 0 Å². The van der Waals surface area contributed by atoms with E-state index in [0.717, 1.165) is 28.0 Å². The number of aromatic nitrogens is 4. The molecule has 0 spiro atoms. The molecular weight excluding hydrogens is 464 g/mol. The fourth-order valence-electron chi connectivity index (χ4n) is 5.62. The standard InChI is InChI=1S/C34H22N4/c1-2-11-25(12-3-1)38-35-31-19-18-24(21-32(31)36-38)30-22-26(20-23-10-4-5-13-27(23)30)37-33-16-8-6-14-28(33)29-15-7-9-17-34(29)37/h1-22H. The second kappa shape index (κ2) is 8.15. The number of rotatable bonds is 3. The van der Waals surface area contributed by atoms with Crippen molar-refractivity contribution in [3.8, 4) is 22.5 Å². The smallest absolute Gasteiger partial charge is 0.114 e. The quantitative estimate of drug-likeness (QED) is 0.252. The van der Waals surface area contributed by atoms with Crippen LogP contribution in [0.1, 0.15) is 0 Å². The highest BCUT2D eigenvalue weighted by atomic mass is 15.5. The minimum atomic E-state index is 0.873. The largest absolute Gasteiger partial charge is 0.309 e. The van der Waals surface area contributed by atoms with Crippen LogP contribution in [-0.4, -0.2) is 19.6 Å². The predicted molar refractivity (Wildman–Crippen MR) is 156 cm³/mol. The zero-order valence-corrected chi connectivity index (χ0v) is 20.5. The molecule has 0 aliphatic carbocycles. The van der Waals surface area contributed by atoms with Gasteiger partial charge in [-0.25, -0.2) is 0 Å². The van der Waals surface area contributed by atoms with Crippen molar-refractivity contribution in [1.29, 1.82) is 0 Å². The van der Waals surface area contributed by atoms with E-state index in [4.69, 9.17) is 10.2 Å². The Bertz CT molecular complexity index is 2080. The first-order chi connectivity index (χ1) is 18.8. The summed E-state index contributed by atoms with van der Waals surface area (Å²) in [5, 5.41) is 14.5. The Balaban J connectivity index is 1.38. The highest BCUT2D eigenvalue weighted by Crippen LogP contribution is 2.37. The molecule has 0 aliphatic heterocycles. The fraction of sp³-hybridized carbons (Fsp3) is 0. The molecule has 0 aliphatic rings. The summed E-state index contributed by atoms with van der Waals surface area (Å²) < 4.78 is 2.38. The maximum absolute atomic E-state index is 4.80. The summed E-state index contributed by atoms with van der Waals surface area (Å²) in [5.74, 6) is 0. The third-order valence-electron chi connectivity index (χ3n) is 7.36. The zero-order valence-electron chi connectivity index (χ0n) is 20.5. The Hall–Kier alpha value is -5.22. The van der Waals surface area contributed by atoms with Gasteiger partial charge in [0, 0.05) is 16.5 Å². The topological polar surface area (TPSA) is 35.6 Å². The molecule has 8 rings (SSSR count). The van der Waals surface area contributed by atoms with Crippen molar-refractivity contribution >= 4 is 43.6 Å². The van der Waals surface area contributed by atoms with Gasteiger partial charge >= 0.3 is 0 Å². The Morgan fingerprint density at radius 3 is 1.84 bits per heavy atom. The van der Waals surface area contributed by atoms with Gasteiger partial charge in [0.1, 0.15) is 11.0 Å². The minimum absolute atomic E-state index is 0.873. The molecule has 0 radical (unpaired) electrons. The summed E-state index contributed by atoms with van der Waals surface area (Å²) in [6, 6.07) is 46.9. The molecular formula is C34H22N4. The van der Waals surface area contributed by atoms with Crippen LogP contribution < -0.4 is 0 Å². The van der Waals surface area contributed by atoms with Crippen molar-refractivity contribution in [2.75, 3.05) is 0 Å². The van der Waals surface area contributed by atoms with E-state index in [0.29, 0.717) is 0 Å². The molecule has 0 amide bonds. The van der Waals surface area contributed by atoms with E-state index in [1.54, 1.807) is 4.80 Å². The Morgan fingerprint density at radius 1 is 0.447 bits per heavy atom. The van der Waals surface area contributed by atoms with Gasteiger partial charge < -0.3 is 4.57 Å². The van der Waals surface area contributed by atoms with E-state index in [1.165, 1.54) is 38.1 Å². The summed E-state index contributed by atoms with van der Waals surface area (Å²) in [6.07, 6.45) is 0. The molecule has 2 heterocycles. The molecule has 4 nitrogen and oxygen atoms in total. The van der Waals surface area contributed by atoms with Gasteiger partial charge in [0.2, 0.25) is 0 Å². The predicted octanol–water partition coefficient (Wildman–Crippen LogP) is 8.34. The lowest BCUT2D eigenvalue weighted by Crippen LogP contribution is -1.97. The molecule has 6 aromatic carbocycles. The van der Waals surface area contributed by atoms with Crippen LogP contribution in [0.25, 0.3) is 66.1 Å². The number of nitrogens with zero attached hydrogens (tertiary/aromatic N) is 4. The molecule has 0 saturated carbocycles. The van der Waals surface area contributed by atoms with Crippen molar-refractivity contribution in [2.45, 2.75) is 0 Å². The van der Waals surface area contributed by atoms with Crippen LogP contribution in [0.3, 0.4) is 0 Å². The molecule has 4 heteroatoms. The maximum atomic E-state index is 4.80. The van der Waals surface area contributed by atoms with Gasteiger partial charge in [0.25, 0.3) is 0 Å². The molecule has 2 aromatic heterocycles. The van der Waals surface area contributed by atoms with Crippen molar-refractivity contribution in [3.63, 3.8) is 0 Å². The zero-order chi connectivity index (χ0) is 25.1. The lowest BCUT2D eigenvalue weighted by molar-refractivity contribution is 0.766. The van der Waals surface area contributed by atoms with Gasteiger partial charge in [-0.3, -0.25) is 0 Å². The van der Waals surface area contributed by atoms with Crippen LogP contribution in [0, 0.1) is 0 Å². The molecule has 8 aromatic rings. The minimum Gasteiger partial charge on any atom is -0.309 e. The molecule has 0 saturated heterocycles. The first kappa shape index (κ1) is 20.9. The second-order valence-corrected chi connectivity index (χ2v) is 9.61. The fourth-order valence-corrected chi connectivity index (χ4v) is 5.62. The number of fused-ring (bicyclic) bond motifs is 5. The van der Waals surface area contributed by atoms with E-state index in [-0.39, 0.29) is 0 Å². The van der Waals surface area contributed by atoms with Crippen LogP contribution >= 0.6 is 0 Å². The van der Waals surface area contributed by atoms with Gasteiger partial charge in [-0.1, -0.05) is 84.9 Å². The van der Waals surface area contributed by atoms with Gasteiger partial charge in [-0.2, -0.15) is 4.80 Å². The van der Waals surface area contributed by atoms with E-state index >= 15 is 0 Å². The monoisotopic (exact) mass is 486 g/mol. The number of hydrogen-bond donors (Lipinski definition) is 0. The SMILES string of the molecule is c1ccc(-n2nc3ccc(-c4cc(-n5c6ccccc6c6ccccc65)cc5ccccc45)cc3n2)cc1. The average Bonchev–Trinajstić information content (AvgIpc) is 3.56. The molecule has 178 valence electrons. The molecule has 0 fully saturated rings. The number of para-hydroxylation sites is 3. The average molecular weight is 487 g/mol. The number of benzene rings is 6. The normalized spacial score (nSPS) is 11.7. The van der Waals surface area contributed by atoms with Gasteiger partial charge in [0.15, 0.2) is 0 Å². The second-order valence-electron chi connectivity index (χ2n) is 9.61. The van der Waals surface area contributed by atoms with Crippen LogP contribution in [0.4, 0.5) is 0 Å². The van der Waals surface area contributed by atoms with Crippen molar-refractivity contribution in [1.82, 2.24) is 19.6 Å². The third-order valence-corrected chi connectivity index (χ3v) is 7.36. The van der Waals surface area contributed by atoms with E-state index in [9.17, 15) is 0 Å². The maximum Gasteiger partial charge on any atom is 0.114 e. The Kier molecular flexibility index (Phi) is 4.49.